The fraction of sp³-hybridized carbons (Fsp3) is 0.500. The Morgan fingerprint density at radius 2 is 1.83 bits per heavy atom. The van der Waals surface area contributed by atoms with Crippen molar-refractivity contribution in [2.75, 3.05) is 0 Å². The zero-order valence-electron chi connectivity index (χ0n) is 12.8. The van der Waals surface area contributed by atoms with Gasteiger partial charge >= 0.3 is 12.1 Å². The fourth-order valence-corrected chi connectivity index (χ4v) is 2.02. The molecular weight excluding hydrogens is 311 g/mol. The van der Waals surface area contributed by atoms with Gasteiger partial charge in [-0.3, -0.25) is 4.79 Å². The lowest BCUT2D eigenvalue weighted by atomic mass is 10.1. The summed E-state index contributed by atoms with van der Waals surface area (Å²) in [6.07, 6.45) is -3.47. The van der Waals surface area contributed by atoms with E-state index in [2.05, 4.69) is 5.32 Å². The van der Waals surface area contributed by atoms with Crippen LogP contribution in [0, 0.1) is 0 Å². The quantitative estimate of drug-likeness (QED) is 0.765. The van der Waals surface area contributed by atoms with Crippen molar-refractivity contribution in [2.45, 2.75) is 51.2 Å². The number of carboxylic acids is 1. The van der Waals surface area contributed by atoms with Gasteiger partial charge in [-0.25, -0.2) is 4.79 Å². The number of unbranched alkanes of at least 4 members (excludes halogenated alkanes) is 1. The van der Waals surface area contributed by atoms with Crippen LogP contribution in [0.4, 0.5) is 13.2 Å². The van der Waals surface area contributed by atoms with Crippen LogP contribution in [-0.4, -0.2) is 29.2 Å². The maximum absolute atomic E-state index is 12.1. The van der Waals surface area contributed by atoms with Crippen molar-refractivity contribution in [1.29, 1.82) is 0 Å². The van der Waals surface area contributed by atoms with E-state index >= 15 is 0 Å². The molecule has 0 fully saturated rings. The first-order valence-corrected chi connectivity index (χ1v) is 7.42. The predicted octanol–water partition coefficient (Wildman–Crippen LogP) is 3.55. The Balaban J connectivity index is 2.64. The highest BCUT2D eigenvalue weighted by atomic mass is 19.4. The van der Waals surface area contributed by atoms with Crippen LogP contribution in [0.25, 0.3) is 0 Å². The first-order chi connectivity index (χ1) is 10.7. The standard InChI is InChI=1S/C16H20F3NO3/c1-2-3-4-13(15(22)23)20-14(21)12-7-5-11(6-8-12)9-10-16(17,18)19/h5-8,13H,2-4,9-10H2,1H3,(H,20,21)(H,22,23)/t13-/m0/s1. The van der Waals surface area contributed by atoms with E-state index in [1.165, 1.54) is 24.3 Å². The van der Waals surface area contributed by atoms with Crippen LogP contribution in [0.3, 0.4) is 0 Å². The van der Waals surface area contributed by atoms with Gasteiger partial charge in [0.1, 0.15) is 6.04 Å². The molecule has 0 radical (unpaired) electrons. The lowest BCUT2D eigenvalue weighted by molar-refractivity contribution is -0.139. The SMILES string of the molecule is CCCC[C@H](NC(=O)c1ccc(CCC(F)(F)F)cc1)C(=O)O. The van der Waals surface area contributed by atoms with Crippen molar-refractivity contribution >= 4 is 11.9 Å². The number of nitrogens with one attached hydrogen (secondary N) is 1. The zero-order valence-corrected chi connectivity index (χ0v) is 12.8. The Morgan fingerprint density at radius 3 is 2.30 bits per heavy atom. The molecule has 0 saturated heterocycles. The fourth-order valence-electron chi connectivity index (χ4n) is 2.02. The lowest BCUT2D eigenvalue weighted by Crippen LogP contribution is -2.40. The molecule has 0 aliphatic carbocycles. The van der Waals surface area contributed by atoms with Gasteiger partial charge in [0, 0.05) is 12.0 Å². The van der Waals surface area contributed by atoms with Gasteiger partial charge < -0.3 is 10.4 Å². The van der Waals surface area contributed by atoms with Crippen molar-refractivity contribution in [3.8, 4) is 0 Å². The molecule has 0 heterocycles. The molecule has 0 unspecified atom stereocenters. The van der Waals surface area contributed by atoms with Crippen LogP contribution >= 0.6 is 0 Å². The first kappa shape index (κ1) is 19.0. The van der Waals surface area contributed by atoms with E-state index in [0.717, 1.165) is 6.42 Å². The molecule has 0 aromatic heterocycles. The number of hydrogen-bond donors (Lipinski definition) is 2. The second-order valence-electron chi connectivity index (χ2n) is 5.32. The molecule has 23 heavy (non-hydrogen) atoms. The highest BCUT2D eigenvalue weighted by Crippen LogP contribution is 2.22. The molecule has 2 N–H and O–H groups in total. The van der Waals surface area contributed by atoms with Gasteiger partial charge in [-0.05, 0) is 30.5 Å². The normalized spacial score (nSPS) is 12.7. The summed E-state index contributed by atoms with van der Waals surface area (Å²) in [4.78, 5) is 23.1. The Labute approximate surface area is 132 Å². The average molecular weight is 331 g/mol. The van der Waals surface area contributed by atoms with Crippen LogP contribution < -0.4 is 5.32 Å². The molecule has 1 aromatic rings. The van der Waals surface area contributed by atoms with Crippen molar-refractivity contribution in [3.63, 3.8) is 0 Å². The molecule has 0 aliphatic rings. The number of carboxylic acid groups (broad SMARTS) is 1. The van der Waals surface area contributed by atoms with Crippen LogP contribution in [0.1, 0.15) is 48.5 Å². The van der Waals surface area contributed by atoms with E-state index < -0.39 is 30.5 Å². The summed E-state index contributed by atoms with van der Waals surface area (Å²) in [7, 11) is 0. The third kappa shape index (κ3) is 7.17. The van der Waals surface area contributed by atoms with E-state index in [9.17, 15) is 22.8 Å². The summed E-state index contributed by atoms with van der Waals surface area (Å²) in [5.74, 6) is -1.65. The molecule has 0 bridgehead atoms. The molecule has 1 aromatic carbocycles. The number of aliphatic carboxylic acids is 1. The van der Waals surface area contributed by atoms with Crippen molar-refractivity contribution in [2.24, 2.45) is 0 Å². The van der Waals surface area contributed by atoms with Crippen molar-refractivity contribution in [1.82, 2.24) is 5.32 Å². The molecule has 4 nitrogen and oxygen atoms in total. The molecule has 1 amide bonds. The Hall–Kier alpha value is -2.05. The second-order valence-corrected chi connectivity index (χ2v) is 5.32. The Morgan fingerprint density at radius 1 is 1.22 bits per heavy atom. The summed E-state index contributed by atoms with van der Waals surface area (Å²) < 4.78 is 36.4. The summed E-state index contributed by atoms with van der Waals surface area (Å²) in [5.41, 5.74) is 0.697. The van der Waals surface area contributed by atoms with Crippen LogP contribution in [0.2, 0.25) is 0 Å². The van der Waals surface area contributed by atoms with Crippen molar-refractivity contribution in [3.05, 3.63) is 35.4 Å². The van der Waals surface area contributed by atoms with Crippen LogP contribution in [0.5, 0.6) is 0 Å². The number of carbonyl (C=O) groups excluding carboxylic acids is 1. The topological polar surface area (TPSA) is 66.4 Å². The molecule has 7 heteroatoms. The third-order valence-electron chi connectivity index (χ3n) is 3.36. The Kier molecular flexibility index (Phi) is 7.06. The second kappa shape index (κ2) is 8.55. The first-order valence-electron chi connectivity index (χ1n) is 7.42. The highest BCUT2D eigenvalue weighted by Gasteiger charge is 2.26. The molecule has 0 spiro atoms. The monoisotopic (exact) mass is 331 g/mol. The average Bonchev–Trinajstić information content (AvgIpc) is 2.48. The molecule has 1 rings (SSSR count). The number of alkyl halides is 3. The largest absolute Gasteiger partial charge is 0.480 e. The van der Waals surface area contributed by atoms with Crippen LogP contribution in [-0.2, 0) is 11.2 Å². The smallest absolute Gasteiger partial charge is 0.389 e. The predicted molar refractivity (Wildman–Crippen MR) is 79.2 cm³/mol. The highest BCUT2D eigenvalue weighted by molar-refractivity contribution is 5.96. The number of rotatable bonds is 8. The van der Waals surface area contributed by atoms with Gasteiger partial charge in [-0.15, -0.1) is 0 Å². The van der Waals surface area contributed by atoms with E-state index in [-0.39, 0.29) is 12.0 Å². The molecule has 0 saturated carbocycles. The van der Waals surface area contributed by atoms with Crippen molar-refractivity contribution < 1.29 is 27.9 Å². The van der Waals surface area contributed by atoms with Gasteiger partial charge in [-0.2, -0.15) is 13.2 Å². The molecular formula is C16H20F3NO3. The van der Waals surface area contributed by atoms with E-state index in [4.69, 9.17) is 5.11 Å². The van der Waals surface area contributed by atoms with Gasteiger partial charge in [-0.1, -0.05) is 31.9 Å². The Bertz CT molecular complexity index is 526. The number of aryl methyl sites for hydroxylation is 1. The number of benzene rings is 1. The maximum atomic E-state index is 12.1. The minimum atomic E-state index is -4.22. The molecule has 128 valence electrons. The van der Waals surface area contributed by atoms with Gasteiger partial charge in [0.05, 0.1) is 0 Å². The molecule has 1 atom stereocenters. The van der Waals surface area contributed by atoms with Gasteiger partial charge in [0.15, 0.2) is 0 Å². The maximum Gasteiger partial charge on any atom is 0.389 e. The van der Waals surface area contributed by atoms with E-state index in [1.54, 1.807) is 0 Å². The number of hydrogen-bond acceptors (Lipinski definition) is 2. The summed E-state index contributed by atoms with van der Waals surface area (Å²) in [6, 6.07) is 4.73. The minimum absolute atomic E-state index is 0.153. The minimum Gasteiger partial charge on any atom is -0.480 e. The van der Waals surface area contributed by atoms with E-state index in [1.807, 2.05) is 6.92 Å². The van der Waals surface area contributed by atoms with E-state index in [0.29, 0.717) is 18.4 Å². The third-order valence-corrected chi connectivity index (χ3v) is 3.36. The number of halogens is 3. The number of carbonyl (C=O) groups is 2. The molecule has 0 aliphatic heterocycles. The van der Waals surface area contributed by atoms with Gasteiger partial charge in [0.2, 0.25) is 0 Å². The lowest BCUT2D eigenvalue weighted by Gasteiger charge is -2.14. The summed E-state index contributed by atoms with van der Waals surface area (Å²) in [5, 5.41) is 11.5. The summed E-state index contributed by atoms with van der Waals surface area (Å²) in [6.45, 7) is 1.92. The van der Waals surface area contributed by atoms with Crippen LogP contribution in [0.15, 0.2) is 24.3 Å². The van der Waals surface area contributed by atoms with Gasteiger partial charge in [0.25, 0.3) is 5.91 Å². The summed E-state index contributed by atoms with van der Waals surface area (Å²) >= 11 is 0. The zero-order chi connectivity index (χ0) is 17.5. The number of amides is 1.